The number of rotatable bonds is 2. The highest BCUT2D eigenvalue weighted by Crippen LogP contribution is 2.41. The van der Waals surface area contributed by atoms with Gasteiger partial charge in [0.05, 0.1) is 12.1 Å². The molecular weight excluding hydrogens is 310 g/mol. The monoisotopic (exact) mass is 339 g/mol. The van der Waals surface area contributed by atoms with Crippen LogP contribution in [0, 0.1) is 0 Å². The third-order valence-corrected chi connectivity index (χ3v) is 5.95. The van der Waals surface area contributed by atoms with Crippen LogP contribution in [0.25, 0.3) is 0 Å². The van der Waals surface area contributed by atoms with Crippen molar-refractivity contribution in [2.75, 3.05) is 32.8 Å². The molecule has 3 saturated heterocycles. The highest BCUT2D eigenvalue weighted by Gasteiger charge is 2.56. The van der Waals surface area contributed by atoms with Crippen LogP contribution < -0.4 is 5.32 Å². The lowest BCUT2D eigenvalue weighted by Crippen LogP contribution is -2.59. The lowest BCUT2D eigenvalue weighted by Gasteiger charge is -2.47. The Morgan fingerprint density at radius 1 is 1.25 bits per heavy atom. The summed E-state index contributed by atoms with van der Waals surface area (Å²) in [5, 5.41) is 2.94. The van der Waals surface area contributed by atoms with E-state index in [1.807, 2.05) is 20.8 Å². The second kappa shape index (κ2) is 6.43. The summed E-state index contributed by atoms with van der Waals surface area (Å²) in [5.41, 5.74) is -0.699. The van der Waals surface area contributed by atoms with Crippen LogP contribution in [0.4, 0.5) is 9.59 Å². The summed E-state index contributed by atoms with van der Waals surface area (Å²) in [4.78, 5) is 27.8. The zero-order chi connectivity index (χ0) is 17.4. The van der Waals surface area contributed by atoms with Gasteiger partial charge >= 0.3 is 12.2 Å². The maximum atomic E-state index is 11.8. The minimum absolute atomic E-state index is 0.195. The first-order valence-corrected chi connectivity index (χ1v) is 9.04. The van der Waals surface area contributed by atoms with E-state index in [4.69, 9.17) is 9.47 Å². The second-order valence-corrected chi connectivity index (χ2v) is 7.59. The number of carbonyl (C=O) groups excluding carboxylic acids is 2. The number of hydrogen-bond donors (Lipinski definition) is 1. The van der Waals surface area contributed by atoms with E-state index >= 15 is 0 Å². The van der Waals surface area contributed by atoms with Crippen molar-refractivity contribution in [2.45, 2.75) is 63.6 Å². The van der Waals surface area contributed by atoms with Crippen molar-refractivity contribution in [1.82, 2.24) is 15.1 Å². The Morgan fingerprint density at radius 2 is 1.88 bits per heavy atom. The van der Waals surface area contributed by atoms with Gasteiger partial charge < -0.3 is 19.7 Å². The average Bonchev–Trinajstić information content (AvgIpc) is 2.76. The number of hydrogen-bond acceptors (Lipinski definition) is 5. The van der Waals surface area contributed by atoms with E-state index < -0.39 is 0 Å². The van der Waals surface area contributed by atoms with Crippen LogP contribution in [0.5, 0.6) is 0 Å². The number of piperidine rings is 2. The molecule has 3 fully saturated rings. The molecule has 7 nitrogen and oxygen atoms in total. The van der Waals surface area contributed by atoms with Crippen LogP contribution in [-0.4, -0.2) is 72.0 Å². The molecule has 3 aliphatic heterocycles. The number of alkyl carbamates (subject to hydrolysis) is 1. The molecule has 0 atom stereocenters. The van der Waals surface area contributed by atoms with Gasteiger partial charge in [0.1, 0.15) is 5.60 Å². The fraction of sp³-hybridized carbons (Fsp3) is 0.882. The summed E-state index contributed by atoms with van der Waals surface area (Å²) in [6.07, 6.45) is 3.18. The van der Waals surface area contributed by atoms with Crippen molar-refractivity contribution in [3.05, 3.63) is 0 Å². The zero-order valence-corrected chi connectivity index (χ0v) is 15.0. The predicted molar refractivity (Wildman–Crippen MR) is 88.9 cm³/mol. The first-order valence-electron chi connectivity index (χ1n) is 9.04. The minimum atomic E-state index is -0.383. The van der Waals surface area contributed by atoms with E-state index in [0.29, 0.717) is 12.6 Å². The van der Waals surface area contributed by atoms with Gasteiger partial charge in [-0.05, 0) is 33.6 Å². The minimum Gasteiger partial charge on any atom is -0.450 e. The fourth-order valence-corrected chi connectivity index (χ4v) is 4.31. The number of likely N-dealkylation sites (tertiary alicyclic amines) is 2. The zero-order valence-electron chi connectivity index (χ0n) is 15.0. The topological polar surface area (TPSA) is 71.1 Å². The van der Waals surface area contributed by atoms with Crippen LogP contribution in [0.1, 0.15) is 46.5 Å². The number of nitrogens with zero attached hydrogens (tertiary/aromatic N) is 2. The molecule has 0 aliphatic carbocycles. The first kappa shape index (κ1) is 17.3. The van der Waals surface area contributed by atoms with Crippen LogP contribution in [-0.2, 0) is 9.47 Å². The van der Waals surface area contributed by atoms with Crippen molar-refractivity contribution in [3.63, 3.8) is 0 Å². The molecule has 0 unspecified atom stereocenters. The number of amides is 2. The molecule has 0 radical (unpaired) electrons. The molecule has 0 aromatic heterocycles. The van der Waals surface area contributed by atoms with Crippen molar-refractivity contribution >= 4 is 12.2 Å². The Hall–Kier alpha value is -1.50. The molecule has 2 amide bonds. The largest absolute Gasteiger partial charge is 0.450 e. The summed E-state index contributed by atoms with van der Waals surface area (Å²) in [7, 11) is 0. The van der Waals surface area contributed by atoms with Gasteiger partial charge in [0.25, 0.3) is 0 Å². The van der Waals surface area contributed by atoms with Crippen molar-refractivity contribution in [2.24, 2.45) is 0 Å². The third-order valence-electron chi connectivity index (χ3n) is 5.95. The smallest absolute Gasteiger partial charge is 0.409 e. The van der Waals surface area contributed by atoms with Crippen molar-refractivity contribution < 1.29 is 19.1 Å². The van der Waals surface area contributed by atoms with Gasteiger partial charge in [-0.2, -0.15) is 0 Å². The summed E-state index contributed by atoms with van der Waals surface area (Å²) >= 11 is 0. The predicted octanol–water partition coefficient (Wildman–Crippen LogP) is 1.96. The first-order chi connectivity index (χ1) is 11.4. The van der Waals surface area contributed by atoms with E-state index in [2.05, 4.69) is 10.2 Å². The number of ether oxygens (including phenoxy) is 2. The van der Waals surface area contributed by atoms with E-state index in [0.717, 1.165) is 51.9 Å². The summed E-state index contributed by atoms with van der Waals surface area (Å²) < 4.78 is 10.7. The molecule has 0 saturated carbocycles. The summed E-state index contributed by atoms with van der Waals surface area (Å²) in [5.74, 6) is 0. The molecule has 0 bridgehead atoms. The Kier molecular flexibility index (Phi) is 4.64. The van der Waals surface area contributed by atoms with Crippen LogP contribution >= 0.6 is 0 Å². The molecule has 3 heterocycles. The average molecular weight is 339 g/mol. The maximum Gasteiger partial charge on any atom is 0.409 e. The molecule has 1 spiro atoms. The van der Waals surface area contributed by atoms with E-state index in [1.54, 1.807) is 4.90 Å². The maximum absolute atomic E-state index is 11.8. The lowest BCUT2D eigenvalue weighted by molar-refractivity contribution is -0.0530. The van der Waals surface area contributed by atoms with Crippen LogP contribution in [0.2, 0.25) is 0 Å². The molecule has 0 aromatic carbocycles. The highest BCUT2D eigenvalue weighted by molar-refractivity contribution is 5.72. The van der Waals surface area contributed by atoms with Crippen LogP contribution in [0.3, 0.4) is 0 Å². The van der Waals surface area contributed by atoms with Gasteiger partial charge in [-0.15, -0.1) is 0 Å². The Morgan fingerprint density at radius 3 is 2.38 bits per heavy atom. The Balaban J connectivity index is 1.51. The number of carbonyl (C=O) groups is 2. The standard InChI is InChI=1S/C17H29N3O4/c1-4-23-15(22)20-9-5-13(6-10-20)19-11-7-17(8-12-19)16(2,3)18-14(21)24-17/h13H,4-12H2,1-3H3,(H,18,21). The Labute approximate surface area is 143 Å². The molecule has 3 rings (SSSR count). The lowest BCUT2D eigenvalue weighted by atomic mass is 9.76. The molecular formula is C17H29N3O4. The normalized spacial score (nSPS) is 27.0. The second-order valence-electron chi connectivity index (χ2n) is 7.59. The van der Waals surface area contributed by atoms with Gasteiger partial charge in [-0.1, -0.05) is 0 Å². The molecule has 7 heteroatoms. The van der Waals surface area contributed by atoms with Crippen molar-refractivity contribution in [3.8, 4) is 0 Å². The molecule has 0 aromatic rings. The molecule has 1 N–H and O–H groups in total. The summed E-state index contributed by atoms with van der Waals surface area (Å²) in [6.45, 7) is 9.73. The third kappa shape index (κ3) is 3.06. The van der Waals surface area contributed by atoms with Crippen LogP contribution in [0.15, 0.2) is 0 Å². The quantitative estimate of drug-likeness (QED) is 0.833. The SMILES string of the molecule is CCOC(=O)N1CCC(N2CCC3(CC2)OC(=O)NC3(C)C)CC1. The van der Waals surface area contributed by atoms with Gasteiger partial charge in [0, 0.05) is 45.1 Å². The molecule has 136 valence electrons. The highest BCUT2D eigenvalue weighted by atomic mass is 16.6. The van der Waals surface area contributed by atoms with Gasteiger partial charge in [0.2, 0.25) is 0 Å². The van der Waals surface area contributed by atoms with Gasteiger partial charge in [-0.3, -0.25) is 4.90 Å². The van der Waals surface area contributed by atoms with Crippen molar-refractivity contribution in [1.29, 1.82) is 0 Å². The van der Waals surface area contributed by atoms with Gasteiger partial charge in [0.15, 0.2) is 0 Å². The Bertz CT molecular complexity index is 492. The van der Waals surface area contributed by atoms with E-state index in [-0.39, 0.29) is 23.3 Å². The summed E-state index contributed by atoms with van der Waals surface area (Å²) in [6, 6.07) is 0.501. The molecule has 3 aliphatic rings. The fourth-order valence-electron chi connectivity index (χ4n) is 4.31. The molecule has 24 heavy (non-hydrogen) atoms. The van der Waals surface area contributed by atoms with E-state index in [9.17, 15) is 9.59 Å². The number of nitrogens with one attached hydrogen (secondary N) is 1. The van der Waals surface area contributed by atoms with Gasteiger partial charge in [-0.25, -0.2) is 9.59 Å². The van der Waals surface area contributed by atoms with E-state index in [1.165, 1.54) is 0 Å².